The maximum Gasteiger partial charge on any atom is 0.194 e. The summed E-state index contributed by atoms with van der Waals surface area (Å²) in [4.78, 5) is 18.4. The first-order chi connectivity index (χ1) is 15.7. The molecule has 160 valence electrons. The van der Waals surface area contributed by atoms with Crippen molar-refractivity contribution in [2.75, 3.05) is 14.2 Å². The average molecular weight is 424 g/mol. The zero-order valence-corrected chi connectivity index (χ0v) is 18.4. The van der Waals surface area contributed by atoms with Gasteiger partial charge in [0.2, 0.25) is 0 Å². The molecule has 1 fully saturated rings. The van der Waals surface area contributed by atoms with Crippen LogP contribution >= 0.6 is 0 Å². The van der Waals surface area contributed by atoms with Gasteiger partial charge in [0.25, 0.3) is 0 Å². The van der Waals surface area contributed by atoms with Gasteiger partial charge in [-0.25, -0.2) is 0 Å². The molecule has 1 heterocycles. The van der Waals surface area contributed by atoms with Crippen LogP contribution in [-0.2, 0) is 0 Å². The quantitative estimate of drug-likeness (QED) is 0.419. The van der Waals surface area contributed by atoms with Crippen LogP contribution < -0.4 is 9.47 Å². The molecule has 1 saturated carbocycles. The number of fused-ring (bicyclic) bond motifs is 6. The van der Waals surface area contributed by atoms with Gasteiger partial charge in [0.1, 0.15) is 0 Å². The molecule has 2 atom stereocenters. The van der Waals surface area contributed by atoms with Gasteiger partial charge in [-0.2, -0.15) is 0 Å². The summed E-state index contributed by atoms with van der Waals surface area (Å²) in [6.45, 7) is 0. The molecule has 1 aliphatic heterocycles. The van der Waals surface area contributed by atoms with Crippen LogP contribution in [0.15, 0.2) is 59.6 Å². The Morgan fingerprint density at radius 3 is 2.31 bits per heavy atom. The first-order valence-corrected chi connectivity index (χ1v) is 11.3. The monoisotopic (exact) mass is 423 g/mol. The first kappa shape index (κ1) is 19.3. The van der Waals surface area contributed by atoms with Crippen LogP contribution in [0.4, 0.5) is 0 Å². The van der Waals surface area contributed by atoms with Crippen molar-refractivity contribution in [2.45, 2.75) is 37.6 Å². The molecule has 0 spiro atoms. The predicted octanol–water partition coefficient (Wildman–Crippen LogP) is 5.79. The standard InChI is InChI=1S/C28H25NO3/c1-31-25-14-21-19-8-5-6-10-24(19)29-27(22(21)15-26(25)32-2)16-11-12-18-17-7-3-4-9-20(17)28(30)23(18)13-16/h3-4,7,9,11-15,19,24H,5-6,8,10H2,1-2H3/t19-,24-/m0/s1. The van der Waals surface area contributed by atoms with E-state index in [2.05, 4.69) is 24.3 Å². The van der Waals surface area contributed by atoms with Crippen molar-refractivity contribution in [1.29, 1.82) is 0 Å². The van der Waals surface area contributed by atoms with Gasteiger partial charge in [-0.05, 0) is 47.7 Å². The zero-order chi connectivity index (χ0) is 21.8. The lowest BCUT2D eigenvalue weighted by atomic mass is 9.75. The Balaban J connectivity index is 1.52. The summed E-state index contributed by atoms with van der Waals surface area (Å²) in [5, 5.41) is 0. The van der Waals surface area contributed by atoms with E-state index in [1.54, 1.807) is 14.2 Å². The fourth-order valence-electron chi connectivity index (χ4n) is 5.68. The van der Waals surface area contributed by atoms with Gasteiger partial charge in [0.15, 0.2) is 17.3 Å². The van der Waals surface area contributed by atoms with Gasteiger partial charge in [-0.15, -0.1) is 0 Å². The Labute approximate surface area is 187 Å². The van der Waals surface area contributed by atoms with Crippen LogP contribution in [0.5, 0.6) is 11.5 Å². The minimum atomic E-state index is 0.0944. The van der Waals surface area contributed by atoms with Gasteiger partial charge in [0.05, 0.1) is 26.0 Å². The van der Waals surface area contributed by atoms with Crippen molar-refractivity contribution >= 4 is 11.5 Å². The third-order valence-corrected chi connectivity index (χ3v) is 7.23. The maximum atomic E-state index is 13.1. The van der Waals surface area contributed by atoms with Gasteiger partial charge >= 0.3 is 0 Å². The first-order valence-electron chi connectivity index (χ1n) is 11.3. The SMILES string of the molecule is COc1cc2c(cc1OC)[C@@H]1CCCC[C@@H]1N=C2c1ccc2c(c1)C(=O)c1ccccc1-2. The molecule has 6 rings (SSSR count). The summed E-state index contributed by atoms with van der Waals surface area (Å²) >= 11 is 0. The summed E-state index contributed by atoms with van der Waals surface area (Å²) in [5.74, 6) is 1.97. The summed E-state index contributed by atoms with van der Waals surface area (Å²) in [6, 6.07) is 18.5. The highest BCUT2D eigenvalue weighted by Gasteiger charge is 2.35. The molecule has 32 heavy (non-hydrogen) atoms. The molecular formula is C28H25NO3. The number of carbonyl (C=O) groups is 1. The topological polar surface area (TPSA) is 47.9 Å². The van der Waals surface area contributed by atoms with Crippen molar-refractivity contribution in [3.8, 4) is 22.6 Å². The highest BCUT2D eigenvalue weighted by Crippen LogP contribution is 2.45. The Morgan fingerprint density at radius 1 is 0.781 bits per heavy atom. The van der Waals surface area contributed by atoms with E-state index in [4.69, 9.17) is 14.5 Å². The number of hydrogen-bond acceptors (Lipinski definition) is 4. The second kappa shape index (κ2) is 7.33. The second-order valence-electron chi connectivity index (χ2n) is 8.87. The van der Waals surface area contributed by atoms with E-state index >= 15 is 0 Å². The van der Waals surface area contributed by atoms with Crippen molar-refractivity contribution in [1.82, 2.24) is 0 Å². The molecule has 0 N–H and O–H groups in total. The Morgan fingerprint density at radius 2 is 1.50 bits per heavy atom. The van der Waals surface area contributed by atoms with E-state index in [1.165, 1.54) is 18.4 Å². The number of rotatable bonds is 3. The summed E-state index contributed by atoms with van der Waals surface area (Å²) in [7, 11) is 3.35. The van der Waals surface area contributed by atoms with Crippen molar-refractivity contribution < 1.29 is 14.3 Å². The highest BCUT2D eigenvalue weighted by molar-refractivity contribution is 6.23. The van der Waals surface area contributed by atoms with Crippen LogP contribution in [0.25, 0.3) is 11.1 Å². The number of carbonyl (C=O) groups excluding carboxylic acids is 1. The highest BCUT2D eigenvalue weighted by atomic mass is 16.5. The Kier molecular flexibility index (Phi) is 4.42. The fourth-order valence-corrected chi connectivity index (χ4v) is 5.68. The zero-order valence-electron chi connectivity index (χ0n) is 18.4. The minimum absolute atomic E-state index is 0.0944. The van der Waals surface area contributed by atoms with E-state index in [9.17, 15) is 4.79 Å². The van der Waals surface area contributed by atoms with Crippen LogP contribution in [0, 0.1) is 0 Å². The number of benzene rings is 3. The number of aliphatic imine (C=N–C) groups is 1. The lowest BCUT2D eigenvalue weighted by molar-refractivity contribution is 0.104. The lowest BCUT2D eigenvalue weighted by Gasteiger charge is -2.35. The smallest absolute Gasteiger partial charge is 0.194 e. The molecule has 4 heteroatoms. The van der Waals surface area contributed by atoms with Gasteiger partial charge < -0.3 is 9.47 Å². The number of nitrogens with zero attached hydrogens (tertiary/aromatic N) is 1. The van der Waals surface area contributed by atoms with Crippen LogP contribution in [0.3, 0.4) is 0 Å². The summed E-state index contributed by atoms with van der Waals surface area (Å²) < 4.78 is 11.2. The number of ketones is 1. The van der Waals surface area contributed by atoms with Gasteiger partial charge in [-0.1, -0.05) is 49.2 Å². The largest absolute Gasteiger partial charge is 0.493 e. The molecule has 0 amide bonds. The van der Waals surface area contributed by atoms with Crippen LogP contribution in [-0.4, -0.2) is 31.8 Å². The molecule has 0 bridgehead atoms. The molecule has 3 aliphatic rings. The van der Waals surface area contributed by atoms with Crippen molar-refractivity contribution in [3.05, 3.63) is 82.4 Å². The van der Waals surface area contributed by atoms with E-state index in [0.717, 1.165) is 57.7 Å². The molecular weight excluding hydrogens is 398 g/mol. The lowest BCUT2D eigenvalue weighted by Crippen LogP contribution is -2.29. The number of hydrogen-bond donors (Lipinski definition) is 0. The Hall–Kier alpha value is -3.40. The molecule has 4 nitrogen and oxygen atoms in total. The third-order valence-electron chi connectivity index (χ3n) is 7.23. The molecule has 2 aliphatic carbocycles. The molecule has 3 aromatic carbocycles. The molecule has 0 saturated heterocycles. The maximum absolute atomic E-state index is 13.1. The minimum Gasteiger partial charge on any atom is -0.493 e. The van der Waals surface area contributed by atoms with E-state index < -0.39 is 0 Å². The fraction of sp³-hybridized carbons (Fsp3) is 0.286. The van der Waals surface area contributed by atoms with Gasteiger partial charge in [0, 0.05) is 28.2 Å². The van der Waals surface area contributed by atoms with E-state index in [-0.39, 0.29) is 11.8 Å². The van der Waals surface area contributed by atoms with E-state index in [1.807, 2.05) is 30.3 Å². The van der Waals surface area contributed by atoms with E-state index in [0.29, 0.717) is 11.7 Å². The summed E-state index contributed by atoms with van der Waals surface area (Å²) in [6.07, 6.45) is 4.67. The molecule has 0 unspecified atom stereocenters. The predicted molar refractivity (Wildman–Crippen MR) is 125 cm³/mol. The molecule has 0 aromatic heterocycles. The molecule has 3 aromatic rings. The third kappa shape index (κ3) is 2.75. The van der Waals surface area contributed by atoms with Gasteiger partial charge in [-0.3, -0.25) is 9.79 Å². The van der Waals surface area contributed by atoms with Crippen molar-refractivity contribution in [2.24, 2.45) is 4.99 Å². The number of methoxy groups -OCH3 is 2. The number of ether oxygens (including phenoxy) is 2. The summed E-state index contributed by atoms with van der Waals surface area (Å²) in [5.41, 5.74) is 7.89. The molecule has 0 radical (unpaired) electrons. The second-order valence-corrected chi connectivity index (χ2v) is 8.87. The average Bonchev–Trinajstić information content (AvgIpc) is 3.14. The van der Waals surface area contributed by atoms with Crippen LogP contribution in [0.2, 0.25) is 0 Å². The Bertz CT molecular complexity index is 1290. The normalized spacial score (nSPS) is 20.6. The van der Waals surface area contributed by atoms with Crippen molar-refractivity contribution in [3.63, 3.8) is 0 Å². The van der Waals surface area contributed by atoms with Crippen LogP contribution in [0.1, 0.15) is 64.2 Å².